The Kier molecular flexibility index (Phi) is 9.72. The zero-order valence-corrected chi connectivity index (χ0v) is 22.4. The smallest absolute Gasteiger partial charge is 0.232 e. The summed E-state index contributed by atoms with van der Waals surface area (Å²) in [6, 6.07) is 39.1. The second-order valence-corrected chi connectivity index (χ2v) is 9.60. The molecule has 0 spiro atoms. The van der Waals surface area contributed by atoms with E-state index >= 15 is 0 Å². The number of nitrogens with zero attached hydrogens (tertiary/aromatic N) is 1. The van der Waals surface area contributed by atoms with Crippen molar-refractivity contribution in [1.82, 2.24) is 5.32 Å². The van der Waals surface area contributed by atoms with Crippen LogP contribution in [0.4, 0.5) is 11.4 Å². The van der Waals surface area contributed by atoms with E-state index in [2.05, 4.69) is 59.9 Å². The van der Waals surface area contributed by atoms with E-state index in [0.29, 0.717) is 26.2 Å². The van der Waals surface area contributed by atoms with Gasteiger partial charge in [-0.1, -0.05) is 91.0 Å². The van der Waals surface area contributed by atoms with Crippen molar-refractivity contribution in [2.45, 2.75) is 31.3 Å². The van der Waals surface area contributed by atoms with Gasteiger partial charge in [0.05, 0.1) is 13.2 Å². The van der Waals surface area contributed by atoms with E-state index < -0.39 is 0 Å². The lowest BCUT2D eigenvalue weighted by molar-refractivity contribution is -0.117. The van der Waals surface area contributed by atoms with Crippen molar-refractivity contribution in [3.63, 3.8) is 0 Å². The third kappa shape index (κ3) is 6.16. The van der Waals surface area contributed by atoms with Crippen LogP contribution in [-0.4, -0.2) is 25.6 Å². The van der Waals surface area contributed by atoms with Gasteiger partial charge < -0.3 is 10.1 Å². The minimum Gasteiger partial charge on any atom is -0.375 e. The molecular weight excluding hydrogens is 492 g/mol. The van der Waals surface area contributed by atoms with Gasteiger partial charge in [-0.25, -0.2) is 0 Å². The normalized spacial score (nSPS) is 16.2. The first-order valence-electron chi connectivity index (χ1n) is 13.1. The predicted molar refractivity (Wildman–Crippen MR) is 157 cm³/mol. The average Bonchev–Trinajstić information content (AvgIpc) is 2.97. The molecule has 0 bridgehead atoms. The predicted octanol–water partition coefficient (Wildman–Crippen LogP) is 7.05. The molecule has 1 aliphatic rings. The molecular formula is C33H35ClN2O2. The summed E-state index contributed by atoms with van der Waals surface area (Å²) >= 11 is 0. The first-order valence-corrected chi connectivity index (χ1v) is 13.1. The number of amides is 1. The first kappa shape index (κ1) is 27.6. The van der Waals surface area contributed by atoms with Crippen molar-refractivity contribution in [2.24, 2.45) is 0 Å². The Hall–Kier alpha value is -3.44. The molecule has 1 heterocycles. The lowest BCUT2D eigenvalue weighted by atomic mass is 9.69. The number of hydrogen-bond donors (Lipinski definition) is 1. The number of fused-ring (bicyclic) bond motifs is 1. The molecule has 0 saturated carbocycles. The van der Waals surface area contributed by atoms with Crippen molar-refractivity contribution < 1.29 is 9.53 Å². The Morgan fingerprint density at radius 1 is 0.763 bits per heavy atom. The number of anilines is 2. The highest BCUT2D eigenvalue weighted by atomic mass is 35.5. The molecule has 1 N–H and O–H groups in total. The van der Waals surface area contributed by atoms with E-state index in [1.807, 2.05) is 65.6 Å². The van der Waals surface area contributed by atoms with E-state index in [-0.39, 0.29) is 23.7 Å². The zero-order valence-electron chi connectivity index (χ0n) is 21.6. The van der Waals surface area contributed by atoms with Crippen molar-refractivity contribution in [2.75, 3.05) is 24.6 Å². The molecule has 1 unspecified atom stereocenters. The van der Waals surface area contributed by atoms with Gasteiger partial charge in [0.25, 0.3) is 0 Å². The Labute approximate surface area is 232 Å². The molecule has 1 aliphatic heterocycles. The molecule has 4 aromatic carbocycles. The van der Waals surface area contributed by atoms with Gasteiger partial charge in [-0.2, -0.15) is 0 Å². The number of para-hydroxylation sites is 2. The van der Waals surface area contributed by atoms with Crippen LogP contribution in [0.25, 0.3) is 0 Å². The summed E-state index contributed by atoms with van der Waals surface area (Å²) in [7, 11) is 0. The van der Waals surface area contributed by atoms with Gasteiger partial charge in [0.15, 0.2) is 0 Å². The molecule has 4 nitrogen and oxygen atoms in total. The molecule has 38 heavy (non-hydrogen) atoms. The van der Waals surface area contributed by atoms with Crippen LogP contribution in [0.5, 0.6) is 0 Å². The van der Waals surface area contributed by atoms with E-state index in [1.165, 1.54) is 16.7 Å². The number of benzene rings is 4. The maximum Gasteiger partial charge on any atom is 0.232 e. The Morgan fingerprint density at radius 2 is 1.34 bits per heavy atom. The van der Waals surface area contributed by atoms with Crippen molar-refractivity contribution in [1.29, 1.82) is 0 Å². The second kappa shape index (κ2) is 13.4. The molecule has 196 valence electrons. The van der Waals surface area contributed by atoms with Gasteiger partial charge in [-0.15, -0.1) is 12.4 Å². The minimum atomic E-state index is -0.148. The van der Waals surface area contributed by atoms with Crippen molar-refractivity contribution in [3.05, 3.63) is 132 Å². The summed E-state index contributed by atoms with van der Waals surface area (Å²) in [5.41, 5.74) is 5.59. The van der Waals surface area contributed by atoms with Crippen LogP contribution in [0.2, 0.25) is 0 Å². The highest BCUT2D eigenvalue weighted by Crippen LogP contribution is 2.41. The topological polar surface area (TPSA) is 41.6 Å². The maximum absolute atomic E-state index is 13.3. The van der Waals surface area contributed by atoms with Crippen LogP contribution >= 0.6 is 12.4 Å². The third-order valence-corrected chi connectivity index (χ3v) is 7.22. The number of carbonyl (C=O) groups excluding carboxylic acids is 1. The molecule has 5 heteroatoms. The summed E-state index contributed by atoms with van der Waals surface area (Å²) in [6.45, 7) is 2.85. The molecule has 1 amide bonds. The Morgan fingerprint density at radius 3 is 2.00 bits per heavy atom. The minimum absolute atomic E-state index is 0. The van der Waals surface area contributed by atoms with Crippen LogP contribution in [0.15, 0.2) is 115 Å². The molecule has 0 aliphatic carbocycles. The van der Waals surface area contributed by atoms with E-state index in [1.54, 1.807) is 0 Å². The summed E-state index contributed by atoms with van der Waals surface area (Å²) in [5.74, 6) is 0.0836. The highest BCUT2D eigenvalue weighted by molar-refractivity contribution is 6.00. The van der Waals surface area contributed by atoms with Gasteiger partial charge in [0, 0.05) is 29.8 Å². The van der Waals surface area contributed by atoms with Crippen molar-refractivity contribution >= 4 is 29.7 Å². The molecule has 0 aromatic heterocycles. The number of ether oxygens (including phenoxy) is 1. The number of hydrogen-bond acceptors (Lipinski definition) is 3. The molecule has 1 atom stereocenters. The Balaban J connectivity index is 0.00000336. The molecule has 0 fully saturated rings. The Bertz CT molecular complexity index is 1240. The van der Waals surface area contributed by atoms with Gasteiger partial charge in [0.2, 0.25) is 5.91 Å². The van der Waals surface area contributed by atoms with E-state index in [0.717, 1.165) is 30.8 Å². The maximum atomic E-state index is 13.3. The molecule has 4 aromatic rings. The zero-order chi connectivity index (χ0) is 25.3. The summed E-state index contributed by atoms with van der Waals surface area (Å²) in [4.78, 5) is 15.1. The number of halogens is 1. The average molecular weight is 527 g/mol. The summed E-state index contributed by atoms with van der Waals surface area (Å²) < 4.78 is 6.12. The SMILES string of the molecule is Cl.O=C(CCNCCCC1(c2ccccc2)COCc2ccccc21)N(c1ccccc1)c1ccccc1. The standard InChI is InChI=1S/C33H34N2O2.ClH/c36-32(35(29-16-6-2-7-17-29)30-18-8-3-9-19-30)21-24-34-23-12-22-33(28-14-4-1-5-15-28)26-37-25-27-13-10-11-20-31(27)33;/h1-11,13-20,34H,12,21-26H2;1H. The quantitative estimate of drug-likeness (QED) is 0.225. The molecule has 5 rings (SSSR count). The van der Waals surface area contributed by atoms with Crippen LogP contribution in [0.1, 0.15) is 36.0 Å². The van der Waals surface area contributed by atoms with E-state index in [4.69, 9.17) is 4.74 Å². The van der Waals surface area contributed by atoms with E-state index in [9.17, 15) is 4.79 Å². The fourth-order valence-electron chi connectivity index (χ4n) is 5.41. The van der Waals surface area contributed by atoms with Crippen LogP contribution < -0.4 is 10.2 Å². The van der Waals surface area contributed by atoms with Gasteiger partial charge in [-0.05, 0) is 60.3 Å². The molecule has 0 saturated heterocycles. The number of rotatable bonds is 10. The molecule has 0 radical (unpaired) electrons. The first-order chi connectivity index (χ1) is 18.3. The van der Waals surface area contributed by atoms with Crippen LogP contribution in [0, 0.1) is 0 Å². The lowest BCUT2D eigenvalue weighted by Gasteiger charge is -2.40. The number of nitrogens with one attached hydrogen (secondary N) is 1. The fraction of sp³-hybridized carbons (Fsp3) is 0.242. The second-order valence-electron chi connectivity index (χ2n) is 9.60. The van der Waals surface area contributed by atoms with Gasteiger partial charge in [0.1, 0.15) is 0 Å². The van der Waals surface area contributed by atoms with Crippen molar-refractivity contribution in [3.8, 4) is 0 Å². The fourth-order valence-corrected chi connectivity index (χ4v) is 5.41. The van der Waals surface area contributed by atoms with Gasteiger partial charge in [-0.3, -0.25) is 9.69 Å². The largest absolute Gasteiger partial charge is 0.375 e. The van der Waals surface area contributed by atoms with Crippen LogP contribution in [-0.2, 0) is 21.6 Å². The third-order valence-electron chi connectivity index (χ3n) is 7.22. The van der Waals surface area contributed by atoms with Crippen LogP contribution in [0.3, 0.4) is 0 Å². The summed E-state index contributed by atoms with van der Waals surface area (Å²) in [6.07, 6.45) is 2.40. The lowest BCUT2D eigenvalue weighted by Crippen LogP contribution is -2.38. The number of carbonyl (C=O) groups is 1. The highest BCUT2D eigenvalue weighted by Gasteiger charge is 2.38. The summed E-state index contributed by atoms with van der Waals surface area (Å²) in [5, 5.41) is 3.52. The van der Waals surface area contributed by atoms with Gasteiger partial charge >= 0.3 is 0 Å². The monoisotopic (exact) mass is 526 g/mol.